The molecule has 0 unspecified atom stereocenters. The first kappa shape index (κ1) is 23.1. The SMILES string of the molecule is CC(C)(C)OC(=O)N1CCC(CNc2ccc(-c3ccc(S(C)(=O)=O)cc3)nc2)CC1. The fourth-order valence-electron chi connectivity index (χ4n) is 3.45. The first-order chi connectivity index (χ1) is 14.5. The van der Waals surface area contributed by atoms with Crippen molar-refractivity contribution in [1.82, 2.24) is 9.88 Å². The minimum Gasteiger partial charge on any atom is -0.444 e. The molecule has 0 radical (unpaired) electrons. The Balaban J connectivity index is 1.48. The minimum atomic E-state index is -3.20. The van der Waals surface area contributed by atoms with Gasteiger partial charge < -0.3 is 15.0 Å². The number of carbonyl (C=O) groups excluding carboxylic acids is 1. The van der Waals surface area contributed by atoms with Crippen LogP contribution in [0.3, 0.4) is 0 Å². The quantitative estimate of drug-likeness (QED) is 0.742. The summed E-state index contributed by atoms with van der Waals surface area (Å²) < 4.78 is 28.6. The Labute approximate surface area is 184 Å². The molecule has 7 nitrogen and oxygen atoms in total. The van der Waals surface area contributed by atoms with Crippen LogP contribution in [0.1, 0.15) is 33.6 Å². The van der Waals surface area contributed by atoms with E-state index in [0.29, 0.717) is 23.9 Å². The van der Waals surface area contributed by atoms with E-state index in [1.165, 1.54) is 6.26 Å². The van der Waals surface area contributed by atoms with Crippen molar-refractivity contribution < 1.29 is 17.9 Å². The van der Waals surface area contributed by atoms with Gasteiger partial charge in [0.1, 0.15) is 5.60 Å². The summed E-state index contributed by atoms with van der Waals surface area (Å²) in [6.45, 7) is 7.89. The maximum atomic E-state index is 12.2. The average Bonchev–Trinajstić information content (AvgIpc) is 2.71. The number of likely N-dealkylation sites (tertiary alicyclic amines) is 1. The topological polar surface area (TPSA) is 88.6 Å². The van der Waals surface area contributed by atoms with E-state index in [9.17, 15) is 13.2 Å². The first-order valence-electron chi connectivity index (χ1n) is 10.5. The molecule has 31 heavy (non-hydrogen) atoms. The molecule has 1 aromatic heterocycles. The van der Waals surface area contributed by atoms with Crippen LogP contribution in [0.4, 0.5) is 10.5 Å². The zero-order chi connectivity index (χ0) is 22.6. The second-order valence-corrected chi connectivity index (χ2v) is 11.0. The molecule has 2 aromatic rings. The van der Waals surface area contributed by atoms with Crippen LogP contribution in [0, 0.1) is 5.92 Å². The average molecular weight is 446 g/mol. The van der Waals surface area contributed by atoms with E-state index in [2.05, 4.69) is 10.3 Å². The predicted molar refractivity (Wildman–Crippen MR) is 122 cm³/mol. The van der Waals surface area contributed by atoms with Crippen LogP contribution in [0.2, 0.25) is 0 Å². The van der Waals surface area contributed by atoms with Gasteiger partial charge in [0, 0.05) is 31.5 Å². The number of anilines is 1. The van der Waals surface area contributed by atoms with Gasteiger partial charge in [0.2, 0.25) is 0 Å². The van der Waals surface area contributed by atoms with Crippen LogP contribution >= 0.6 is 0 Å². The summed E-state index contributed by atoms with van der Waals surface area (Å²) in [4.78, 5) is 18.7. The third-order valence-electron chi connectivity index (χ3n) is 5.20. The molecule has 168 valence electrons. The fraction of sp³-hybridized carbons (Fsp3) is 0.478. The van der Waals surface area contributed by atoms with Gasteiger partial charge in [-0.3, -0.25) is 4.98 Å². The lowest BCUT2D eigenvalue weighted by Gasteiger charge is -2.33. The summed E-state index contributed by atoms with van der Waals surface area (Å²) in [6.07, 6.45) is 4.62. The minimum absolute atomic E-state index is 0.233. The molecule has 1 N–H and O–H groups in total. The second-order valence-electron chi connectivity index (χ2n) is 9.02. The highest BCUT2D eigenvalue weighted by atomic mass is 32.2. The van der Waals surface area contributed by atoms with E-state index in [1.54, 1.807) is 35.4 Å². The molecular formula is C23H31N3O4S. The number of aromatic nitrogens is 1. The highest BCUT2D eigenvalue weighted by Gasteiger charge is 2.26. The van der Waals surface area contributed by atoms with Gasteiger partial charge in [0.05, 0.1) is 22.5 Å². The van der Waals surface area contributed by atoms with Crippen molar-refractivity contribution in [3.8, 4) is 11.3 Å². The number of sulfone groups is 1. The molecule has 1 amide bonds. The third kappa shape index (κ3) is 6.69. The molecule has 0 atom stereocenters. The smallest absolute Gasteiger partial charge is 0.410 e. The highest BCUT2D eigenvalue weighted by Crippen LogP contribution is 2.23. The standard InChI is InChI=1S/C23H31N3O4S/c1-23(2,3)30-22(27)26-13-11-17(12-14-26)15-24-19-7-10-21(25-16-19)18-5-8-20(9-6-18)31(4,28)29/h5-10,16-17,24H,11-15H2,1-4H3. The molecule has 1 aliphatic heterocycles. The number of carbonyl (C=O) groups is 1. The van der Waals surface area contributed by atoms with E-state index in [0.717, 1.165) is 36.3 Å². The van der Waals surface area contributed by atoms with E-state index >= 15 is 0 Å². The number of rotatable bonds is 5. The normalized spacial score (nSPS) is 15.5. The van der Waals surface area contributed by atoms with Crippen molar-refractivity contribution in [1.29, 1.82) is 0 Å². The molecule has 0 spiro atoms. The summed E-state index contributed by atoms with van der Waals surface area (Å²) in [6, 6.07) is 10.6. The number of ether oxygens (including phenoxy) is 1. The number of benzene rings is 1. The lowest BCUT2D eigenvalue weighted by atomic mass is 9.97. The van der Waals surface area contributed by atoms with Gasteiger partial charge in [-0.25, -0.2) is 13.2 Å². The molecule has 8 heteroatoms. The summed E-state index contributed by atoms with van der Waals surface area (Å²) in [5, 5.41) is 3.43. The summed E-state index contributed by atoms with van der Waals surface area (Å²) in [5.74, 6) is 0.488. The van der Waals surface area contributed by atoms with Gasteiger partial charge >= 0.3 is 6.09 Å². The lowest BCUT2D eigenvalue weighted by Crippen LogP contribution is -2.42. The van der Waals surface area contributed by atoms with Crippen molar-refractivity contribution in [3.63, 3.8) is 0 Å². The maximum Gasteiger partial charge on any atom is 0.410 e. The highest BCUT2D eigenvalue weighted by molar-refractivity contribution is 7.90. The second kappa shape index (κ2) is 9.26. The van der Waals surface area contributed by atoms with Crippen LogP contribution in [0.5, 0.6) is 0 Å². The molecule has 2 heterocycles. The molecule has 0 aliphatic carbocycles. The molecule has 1 aliphatic rings. The number of pyridine rings is 1. The van der Waals surface area contributed by atoms with E-state index < -0.39 is 15.4 Å². The Bertz CT molecular complexity index is 989. The van der Waals surface area contributed by atoms with E-state index in [-0.39, 0.29) is 6.09 Å². The van der Waals surface area contributed by atoms with Crippen LogP contribution in [-0.2, 0) is 14.6 Å². The Kier molecular flexibility index (Phi) is 6.89. The largest absolute Gasteiger partial charge is 0.444 e. The van der Waals surface area contributed by atoms with E-state index in [1.807, 2.05) is 32.9 Å². The maximum absolute atomic E-state index is 12.2. The summed E-state index contributed by atoms with van der Waals surface area (Å²) >= 11 is 0. The van der Waals surface area contributed by atoms with Gasteiger partial charge in [-0.1, -0.05) is 12.1 Å². The Morgan fingerprint density at radius 3 is 2.29 bits per heavy atom. The van der Waals surface area contributed by atoms with Crippen LogP contribution in [-0.4, -0.2) is 55.9 Å². The molecule has 0 saturated carbocycles. The first-order valence-corrected chi connectivity index (χ1v) is 12.4. The predicted octanol–water partition coefficient (Wildman–Crippen LogP) is 4.21. The zero-order valence-corrected chi connectivity index (χ0v) is 19.4. The monoisotopic (exact) mass is 445 g/mol. The molecule has 1 fully saturated rings. The van der Waals surface area contributed by atoms with Crippen LogP contribution < -0.4 is 5.32 Å². The van der Waals surface area contributed by atoms with E-state index in [4.69, 9.17) is 4.74 Å². The third-order valence-corrected chi connectivity index (χ3v) is 6.33. The number of hydrogen-bond acceptors (Lipinski definition) is 6. The van der Waals surface area contributed by atoms with Crippen molar-refractivity contribution in [2.45, 2.75) is 44.1 Å². The zero-order valence-electron chi connectivity index (χ0n) is 18.6. The van der Waals surface area contributed by atoms with Gasteiger partial charge in [-0.15, -0.1) is 0 Å². The Morgan fingerprint density at radius 1 is 1.13 bits per heavy atom. The summed E-state index contributed by atoms with van der Waals surface area (Å²) in [5.41, 5.74) is 2.13. The van der Waals surface area contributed by atoms with Crippen molar-refractivity contribution in [2.75, 3.05) is 31.2 Å². The van der Waals surface area contributed by atoms with Crippen molar-refractivity contribution in [2.24, 2.45) is 5.92 Å². The number of amides is 1. The van der Waals surface area contributed by atoms with Gasteiger partial charge in [-0.2, -0.15) is 0 Å². The number of hydrogen-bond donors (Lipinski definition) is 1. The van der Waals surface area contributed by atoms with Crippen molar-refractivity contribution >= 4 is 21.6 Å². The summed E-state index contributed by atoms with van der Waals surface area (Å²) in [7, 11) is -3.20. The van der Waals surface area contributed by atoms with Gasteiger partial charge in [0.25, 0.3) is 0 Å². The fourth-order valence-corrected chi connectivity index (χ4v) is 4.08. The number of piperidine rings is 1. The van der Waals surface area contributed by atoms with Crippen LogP contribution in [0.25, 0.3) is 11.3 Å². The van der Waals surface area contributed by atoms with Gasteiger partial charge in [0.15, 0.2) is 9.84 Å². The molecular weight excluding hydrogens is 414 g/mol. The Morgan fingerprint density at radius 2 is 1.77 bits per heavy atom. The number of nitrogens with one attached hydrogen (secondary N) is 1. The molecule has 0 bridgehead atoms. The Hall–Kier alpha value is -2.61. The molecule has 1 saturated heterocycles. The molecule has 1 aromatic carbocycles. The molecule has 3 rings (SSSR count). The van der Waals surface area contributed by atoms with Crippen LogP contribution in [0.15, 0.2) is 47.5 Å². The van der Waals surface area contributed by atoms with Gasteiger partial charge in [-0.05, 0) is 63.8 Å². The van der Waals surface area contributed by atoms with Crippen molar-refractivity contribution in [3.05, 3.63) is 42.6 Å². The lowest BCUT2D eigenvalue weighted by molar-refractivity contribution is 0.0188. The number of nitrogens with zero attached hydrogens (tertiary/aromatic N) is 2.